The molecule has 1 fully saturated rings. The Bertz CT molecular complexity index is 827. The Morgan fingerprint density at radius 3 is 2.72 bits per heavy atom. The van der Waals surface area contributed by atoms with Crippen LogP contribution in [-0.2, 0) is 24.2 Å². The summed E-state index contributed by atoms with van der Waals surface area (Å²) >= 11 is 0. The summed E-state index contributed by atoms with van der Waals surface area (Å²) in [5.74, 6) is 1.54. The first kappa shape index (κ1) is 19.8. The number of rotatable bonds is 6. The van der Waals surface area contributed by atoms with Gasteiger partial charge in [0, 0.05) is 58.5 Å². The highest BCUT2D eigenvalue weighted by atomic mass is 16.5. The van der Waals surface area contributed by atoms with Crippen molar-refractivity contribution in [1.82, 2.24) is 10.2 Å². The Kier molecular flexibility index (Phi) is 6.35. The number of ether oxygens (including phenoxy) is 1. The standard InChI is InChI=1S/C24H32N4O/c1-25-24(27(2)16-21-12-14-29-18-21)26-15-19-7-9-20(10-8-19)17-28-13-11-22-5-3-4-6-23(22)28/h3-10,21H,11-18H2,1-2H3,(H,25,26). The van der Waals surface area contributed by atoms with Crippen LogP contribution in [0.15, 0.2) is 53.5 Å². The Morgan fingerprint density at radius 1 is 1.17 bits per heavy atom. The molecule has 2 aromatic rings. The van der Waals surface area contributed by atoms with E-state index in [1.807, 2.05) is 7.05 Å². The average Bonchev–Trinajstić information content (AvgIpc) is 3.40. The summed E-state index contributed by atoms with van der Waals surface area (Å²) in [4.78, 5) is 9.12. The molecule has 1 unspecified atom stereocenters. The van der Waals surface area contributed by atoms with Gasteiger partial charge in [-0.3, -0.25) is 4.99 Å². The zero-order valence-electron chi connectivity index (χ0n) is 17.6. The van der Waals surface area contributed by atoms with Gasteiger partial charge in [0.15, 0.2) is 5.96 Å². The molecule has 0 radical (unpaired) electrons. The Hall–Kier alpha value is -2.53. The number of anilines is 1. The summed E-state index contributed by atoms with van der Waals surface area (Å²) < 4.78 is 5.49. The lowest BCUT2D eigenvalue weighted by atomic mass is 10.1. The van der Waals surface area contributed by atoms with Crippen LogP contribution < -0.4 is 10.2 Å². The van der Waals surface area contributed by atoms with Gasteiger partial charge in [-0.15, -0.1) is 0 Å². The quantitative estimate of drug-likeness (QED) is 0.605. The Labute approximate surface area is 174 Å². The van der Waals surface area contributed by atoms with Crippen LogP contribution in [0.2, 0.25) is 0 Å². The number of benzene rings is 2. The molecule has 2 heterocycles. The molecule has 2 aliphatic rings. The summed E-state index contributed by atoms with van der Waals surface area (Å²) in [6.45, 7) is 5.60. The topological polar surface area (TPSA) is 40.1 Å². The van der Waals surface area contributed by atoms with E-state index in [-0.39, 0.29) is 0 Å². The van der Waals surface area contributed by atoms with Gasteiger partial charge in [-0.05, 0) is 35.6 Å². The van der Waals surface area contributed by atoms with Crippen molar-refractivity contribution >= 4 is 11.6 Å². The maximum absolute atomic E-state index is 5.49. The fourth-order valence-electron chi connectivity index (χ4n) is 4.32. The molecular weight excluding hydrogens is 360 g/mol. The highest BCUT2D eigenvalue weighted by Gasteiger charge is 2.19. The first-order valence-corrected chi connectivity index (χ1v) is 10.6. The molecule has 2 aromatic carbocycles. The van der Waals surface area contributed by atoms with Gasteiger partial charge in [-0.25, -0.2) is 0 Å². The highest BCUT2D eigenvalue weighted by Crippen LogP contribution is 2.28. The van der Waals surface area contributed by atoms with Gasteiger partial charge in [0.05, 0.1) is 6.61 Å². The van der Waals surface area contributed by atoms with E-state index in [1.165, 1.54) is 22.4 Å². The van der Waals surface area contributed by atoms with Crippen molar-refractivity contribution in [2.75, 3.05) is 45.3 Å². The zero-order valence-corrected chi connectivity index (χ0v) is 17.6. The van der Waals surface area contributed by atoms with Crippen LogP contribution in [0.25, 0.3) is 0 Å². The number of hydrogen-bond acceptors (Lipinski definition) is 3. The lowest BCUT2D eigenvalue weighted by Crippen LogP contribution is -2.41. The van der Waals surface area contributed by atoms with Gasteiger partial charge in [0.1, 0.15) is 0 Å². The van der Waals surface area contributed by atoms with Gasteiger partial charge < -0.3 is 19.9 Å². The summed E-state index contributed by atoms with van der Waals surface area (Å²) in [7, 11) is 3.95. The third-order valence-electron chi connectivity index (χ3n) is 5.96. The molecule has 1 N–H and O–H groups in total. The molecule has 0 spiro atoms. The molecule has 4 rings (SSSR count). The first-order chi connectivity index (χ1) is 14.2. The van der Waals surface area contributed by atoms with Gasteiger partial charge in [0.25, 0.3) is 0 Å². The van der Waals surface area contributed by atoms with Crippen molar-refractivity contribution in [1.29, 1.82) is 0 Å². The van der Waals surface area contributed by atoms with Crippen LogP contribution in [-0.4, -0.2) is 51.3 Å². The highest BCUT2D eigenvalue weighted by molar-refractivity contribution is 5.79. The van der Waals surface area contributed by atoms with E-state index in [0.717, 1.165) is 58.2 Å². The minimum Gasteiger partial charge on any atom is -0.381 e. The third-order valence-corrected chi connectivity index (χ3v) is 5.96. The molecule has 0 aromatic heterocycles. The van der Waals surface area contributed by atoms with Crippen molar-refractivity contribution < 1.29 is 4.74 Å². The predicted molar refractivity (Wildman–Crippen MR) is 119 cm³/mol. The lowest BCUT2D eigenvalue weighted by Gasteiger charge is -2.24. The molecular formula is C24H32N4O. The third kappa shape index (κ3) is 4.91. The molecule has 2 aliphatic heterocycles. The summed E-state index contributed by atoms with van der Waals surface area (Å²) in [5, 5.41) is 3.49. The summed E-state index contributed by atoms with van der Waals surface area (Å²) in [6.07, 6.45) is 2.29. The number of hydrogen-bond donors (Lipinski definition) is 1. The van der Waals surface area contributed by atoms with E-state index >= 15 is 0 Å². The van der Waals surface area contributed by atoms with Gasteiger partial charge >= 0.3 is 0 Å². The van der Waals surface area contributed by atoms with Crippen molar-refractivity contribution in [2.24, 2.45) is 10.9 Å². The number of aliphatic imine (C=N–C) groups is 1. The fourth-order valence-corrected chi connectivity index (χ4v) is 4.32. The molecule has 29 heavy (non-hydrogen) atoms. The van der Waals surface area contributed by atoms with Crippen molar-refractivity contribution in [3.8, 4) is 0 Å². The number of fused-ring (bicyclic) bond motifs is 1. The van der Waals surface area contributed by atoms with E-state index in [4.69, 9.17) is 4.74 Å². The Morgan fingerprint density at radius 2 is 1.97 bits per heavy atom. The summed E-state index contributed by atoms with van der Waals surface area (Å²) in [5.41, 5.74) is 5.48. The molecule has 0 saturated carbocycles. The largest absolute Gasteiger partial charge is 0.381 e. The first-order valence-electron chi connectivity index (χ1n) is 10.6. The minimum atomic E-state index is 0.605. The second-order valence-corrected chi connectivity index (χ2v) is 8.13. The maximum Gasteiger partial charge on any atom is 0.193 e. The molecule has 5 heteroatoms. The van der Waals surface area contributed by atoms with Crippen molar-refractivity contribution in [3.63, 3.8) is 0 Å². The lowest BCUT2D eigenvalue weighted by molar-refractivity contribution is 0.181. The number of nitrogens with zero attached hydrogens (tertiary/aromatic N) is 3. The van der Waals surface area contributed by atoms with Crippen molar-refractivity contribution in [3.05, 3.63) is 65.2 Å². The van der Waals surface area contributed by atoms with E-state index in [2.05, 4.69) is 75.7 Å². The molecule has 154 valence electrons. The van der Waals surface area contributed by atoms with Crippen LogP contribution >= 0.6 is 0 Å². The zero-order chi connectivity index (χ0) is 20.1. The minimum absolute atomic E-state index is 0.605. The average molecular weight is 393 g/mol. The van der Waals surface area contributed by atoms with Gasteiger partial charge in [-0.1, -0.05) is 42.5 Å². The van der Waals surface area contributed by atoms with Gasteiger partial charge in [0.2, 0.25) is 0 Å². The molecule has 1 atom stereocenters. The van der Waals surface area contributed by atoms with E-state index in [1.54, 1.807) is 0 Å². The Balaban J connectivity index is 1.29. The van der Waals surface area contributed by atoms with Crippen LogP contribution in [0.3, 0.4) is 0 Å². The number of para-hydroxylation sites is 1. The van der Waals surface area contributed by atoms with Crippen LogP contribution in [0.1, 0.15) is 23.1 Å². The van der Waals surface area contributed by atoms with E-state index in [0.29, 0.717) is 5.92 Å². The normalized spacial score (nSPS) is 18.8. The molecule has 0 amide bonds. The monoisotopic (exact) mass is 392 g/mol. The molecule has 5 nitrogen and oxygen atoms in total. The molecule has 0 bridgehead atoms. The van der Waals surface area contributed by atoms with Crippen molar-refractivity contribution in [2.45, 2.75) is 25.9 Å². The number of nitrogens with one attached hydrogen (secondary N) is 1. The van der Waals surface area contributed by atoms with Crippen LogP contribution in [0, 0.1) is 5.92 Å². The smallest absolute Gasteiger partial charge is 0.193 e. The molecule has 1 saturated heterocycles. The van der Waals surface area contributed by atoms with Crippen LogP contribution in [0.4, 0.5) is 5.69 Å². The number of guanidine groups is 1. The maximum atomic E-state index is 5.49. The van der Waals surface area contributed by atoms with E-state index in [9.17, 15) is 0 Å². The molecule has 0 aliphatic carbocycles. The van der Waals surface area contributed by atoms with Crippen LogP contribution in [0.5, 0.6) is 0 Å². The SMILES string of the molecule is CN=C(NCc1ccc(CN2CCc3ccccc32)cc1)N(C)CC1CCOC1. The second kappa shape index (κ2) is 9.31. The van der Waals surface area contributed by atoms with Gasteiger partial charge in [-0.2, -0.15) is 0 Å². The fraction of sp³-hybridized carbons (Fsp3) is 0.458. The predicted octanol–water partition coefficient (Wildman–Crippen LogP) is 3.29. The van der Waals surface area contributed by atoms with E-state index < -0.39 is 0 Å². The summed E-state index contributed by atoms with van der Waals surface area (Å²) in [6, 6.07) is 17.7. The second-order valence-electron chi connectivity index (χ2n) is 8.13.